The molecular weight excluding hydrogens is 308 g/mol. The van der Waals surface area contributed by atoms with E-state index in [2.05, 4.69) is 20.7 Å². The van der Waals surface area contributed by atoms with Crippen LogP contribution >= 0.6 is 15.9 Å². The molecule has 0 radical (unpaired) electrons. The van der Waals surface area contributed by atoms with E-state index < -0.39 is 14.3 Å². The fraction of sp³-hybridized carbons (Fsp3) is 0.900. The van der Waals surface area contributed by atoms with Crippen molar-refractivity contribution in [3.05, 3.63) is 0 Å². The molecule has 1 saturated heterocycles. The number of carbonyl (C=O) groups is 1. The number of nitrogens with zero attached hydrogens (tertiary/aromatic N) is 1. The van der Waals surface area contributed by atoms with E-state index in [4.69, 9.17) is 0 Å². The van der Waals surface area contributed by atoms with Gasteiger partial charge in [-0.3, -0.25) is 4.79 Å². The monoisotopic (exact) mass is 326 g/mol. The van der Waals surface area contributed by atoms with Gasteiger partial charge in [-0.2, -0.15) is 0 Å². The van der Waals surface area contributed by atoms with Crippen LogP contribution in [0.3, 0.4) is 0 Å². The predicted octanol–water partition coefficient (Wildman–Crippen LogP) is 0.700. The molecule has 1 N–H and O–H groups in total. The lowest BCUT2D eigenvalue weighted by Crippen LogP contribution is -2.52. The fourth-order valence-electron chi connectivity index (χ4n) is 1.94. The Morgan fingerprint density at radius 2 is 2.06 bits per heavy atom. The highest BCUT2D eigenvalue weighted by Gasteiger charge is 2.32. The van der Waals surface area contributed by atoms with Crippen LogP contribution < -0.4 is 4.72 Å². The minimum atomic E-state index is -3.21. The molecule has 1 atom stereocenters. The van der Waals surface area contributed by atoms with Crippen LogP contribution in [0.4, 0.5) is 0 Å². The Morgan fingerprint density at radius 3 is 2.53 bits per heavy atom. The number of nitrogens with one attached hydrogen (secondary N) is 1. The smallest absolute Gasteiger partial charge is 0.238 e. The molecule has 0 aromatic heterocycles. The maximum Gasteiger partial charge on any atom is 0.238 e. The second-order valence-electron chi connectivity index (χ2n) is 4.95. The lowest BCUT2D eigenvalue weighted by Gasteiger charge is -2.35. The van der Waals surface area contributed by atoms with Gasteiger partial charge in [-0.15, -0.1) is 0 Å². The van der Waals surface area contributed by atoms with Gasteiger partial charge in [-0.05, 0) is 26.7 Å². The highest BCUT2D eigenvalue weighted by atomic mass is 79.9. The number of carbonyl (C=O) groups excluding carboxylic acids is 1. The molecule has 0 saturated carbocycles. The third-order valence-corrected chi connectivity index (χ3v) is 3.70. The van der Waals surface area contributed by atoms with Crippen LogP contribution in [0.1, 0.15) is 26.7 Å². The van der Waals surface area contributed by atoms with Gasteiger partial charge in [0.05, 0.1) is 10.6 Å². The number of hydrogen-bond donors (Lipinski definition) is 1. The molecule has 17 heavy (non-hydrogen) atoms. The molecule has 5 nitrogen and oxygen atoms in total. The molecule has 7 heteroatoms. The average Bonchev–Trinajstić information content (AvgIpc) is 2.12. The maximum atomic E-state index is 12.0. The fourth-order valence-corrected chi connectivity index (χ4v) is 2.99. The van der Waals surface area contributed by atoms with Gasteiger partial charge in [0, 0.05) is 19.1 Å². The molecule has 100 valence electrons. The number of likely N-dealkylation sites (tertiary alicyclic amines) is 1. The van der Waals surface area contributed by atoms with E-state index in [1.165, 1.54) is 0 Å². The van der Waals surface area contributed by atoms with Gasteiger partial charge in [0.2, 0.25) is 15.9 Å². The largest absolute Gasteiger partial charge is 0.340 e. The van der Waals surface area contributed by atoms with Crippen LogP contribution in [0, 0.1) is 0 Å². The van der Waals surface area contributed by atoms with E-state index in [1.54, 1.807) is 18.7 Å². The zero-order chi connectivity index (χ0) is 13.3. The summed E-state index contributed by atoms with van der Waals surface area (Å²) in [6.07, 6.45) is 2.74. The van der Waals surface area contributed by atoms with Crippen LogP contribution in [0.15, 0.2) is 0 Å². The molecular formula is C10H19BrN2O3S. The zero-order valence-electron chi connectivity index (χ0n) is 10.4. The van der Waals surface area contributed by atoms with Crippen molar-refractivity contribution in [2.24, 2.45) is 0 Å². The quantitative estimate of drug-likeness (QED) is 0.776. The molecule has 0 spiro atoms. The van der Waals surface area contributed by atoms with Crippen LogP contribution in [0.25, 0.3) is 0 Å². The first-order valence-corrected chi connectivity index (χ1v) is 8.23. The lowest BCUT2D eigenvalue weighted by molar-refractivity contribution is -0.134. The van der Waals surface area contributed by atoms with Gasteiger partial charge in [-0.1, -0.05) is 15.9 Å². The molecule has 1 fully saturated rings. The number of sulfonamides is 1. The summed E-state index contributed by atoms with van der Waals surface area (Å²) in [5, 5.41) is 0. The van der Waals surface area contributed by atoms with Gasteiger partial charge in [-0.25, -0.2) is 13.1 Å². The van der Waals surface area contributed by atoms with Gasteiger partial charge in [0.25, 0.3) is 0 Å². The number of piperidine rings is 1. The minimum absolute atomic E-state index is 0.00231. The Hall–Kier alpha value is -0.140. The third-order valence-electron chi connectivity index (χ3n) is 2.60. The standard InChI is InChI=1S/C10H19BrN2O3S/c1-10(2,11)9(14)13-6-4-5-8(7-13)12-17(3,15)16/h8,12H,4-7H2,1-3H3. The van der Waals surface area contributed by atoms with Crippen LogP contribution in [0.5, 0.6) is 0 Å². The highest BCUT2D eigenvalue weighted by Crippen LogP contribution is 2.22. The number of halogens is 1. The van der Waals surface area contributed by atoms with E-state index in [9.17, 15) is 13.2 Å². The number of amides is 1. The molecule has 1 rings (SSSR count). The third kappa shape index (κ3) is 4.93. The number of rotatable bonds is 3. The number of hydrogen-bond acceptors (Lipinski definition) is 3. The summed E-state index contributed by atoms with van der Waals surface area (Å²) < 4.78 is 24.3. The van der Waals surface area contributed by atoms with Crippen LogP contribution in [-0.4, -0.2) is 48.9 Å². The Labute approximate surface area is 111 Å². The summed E-state index contributed by atoms with van der Waals surface area (Å²) in [4.78, 5) is 13.7. The number of alkyl halides is 1. The highest BCUT2D eigenvalue weighted by molar-refractivity contribution is 9.10. The maximum absolute atomic E-state index is 12.0. The van der Waals surface area contributed by atoms with E-state index in [1.807, 2.05) is 0 Å². The molecule has 0 bridgehead atoms. The van der Waals surface area contributed by atoms with Crippen molar-refractivity contribution in [1.29, 1.82) is 0 Å². The molecule has 0 aliphatic carbocycles. The van der Waals surface area contributed by atoms with Gasteiger partial charge >= 0.3 is 0 Å². The molecule has 1 unspecified atom stereocenters. The SMILES string of the molecule is CC(C)(Br)C(=O)N1CCCC(NS(C)(=O)=O)C1. The first-order valence-electron chi connectivity index (χ1n) is 5.55. The van der Waals surface area contributed by atoms with Gasteiger partial charge in [0.1, 0.15) is 0 Å². The van der Waals surface area contributed by atoms with Crippen molar-refractivity contribution >= 4 is 31.9 Å². The predicted molar refractivity (Wildman–Crippen MR) is 70.6 cm³/mol. The van der Waals surface area contributed by atoms with E-state index in [-0.39, 0.29) is 11.9 Å². The summed E-state index contributed by atoms with van der Waals surface area (Å²) in [6.45, 7) is 4.72. The van der Waals surface area contributed by atoms with E-state index in [0.29, 0.717) is 13.1 Å². The summed E-state index contributed by atoms with van der Waals surface area (Å²) in [6, 6.07) is -0.169. The van der Waals surface area contributed by atoms with Gasteiger partial charge in [0.15, 0.2) is 0 Å². The van der Waals surface area contributed by atoms with Crippen molar-refractivity contribution in [1.82, 2.24) is 9.62 Å². The van der Waals surface area contributed by atoms with Crippen molar-refractivity contribution in [2.45, 2.75) is 37.1 Å². The van der Waals surface area contributed by atoms with Crippen molar-refractivity contribution in [2.75, 3.05) is 19.3 Å². The summed E-state index contributed by atoms with van der Waals surface area (Å²) >= 11 is 3.33. The average molecular weight is 327 g/mol. The lowest BCUT2D eigenvalue weighted by atomic mass is 10.0. The normalized spacial score (nSPS) is 22.6. The second kappa shape index (κ2) is 5.24. The second-order valence-corrected chi connectivity index (χ2v) is 8.72. The first kappa shape index (κ1) is 14.9. The van der Waals surface area contributed by atoms with E-state index in [0.717, 1.165) is 19.1 Å². The minimum Gasteiger partial charge on any atom is -0.340 e. The molecule has 1 heterocycles. The van der Waals surface area contributed by atoms with Gasteiger partial charge < -0.3 is 4.90 Å². The molecule has 0 aromatic rings. The zero-order valence-corrected chi connectivity index (χ0v) is 12.8. The Balaban J connectivity index is 2.64. The molecule has 1 amide bonds. The molecule has 1 aliphatic heterocycles. The summed E-state index contributed by atoms with van der Waals surface area (Å²) in [5.41, 5.74) is 0. The van der Waals surface area contributed by atoms with Crippen molar-refractivity contribution < 1.29 is 13.2 Å². The topological polar surface area (TPSA) is 66.5 Å². The van der Waals surface area contributed by atoms with E-state index >= 15 is 0 Å². The Bertz CT molecular complexity index is 389. The Kier molecular flexibility index (Phi) is 4.60. The first-order chi connectivity index (χ1) is 7.59. The summed E-state index contributed by atoms with van der Waals surface area (Å²) in [7, 11) is -3.21. The van der Waals surface area contributed by atoms with Crippen molar-refractivity contribution in [3.8, 4) is 0 Å². The van der Waals surface area contributed by atoms with Crippen LogP contribution in [-0.2, 0) is 14.8 Å². The van der Waals surface area contributed by atoms with Crippen LogP contribution in [0.2, 0.25) is 0 Å². The van der Waals surface area contributed by atoms with Crippen molar-refractivity contribution in [3.63, 3.8) is 0 Å². The summed E-state index contributed by atoms with van der Waals surface area (Å²) in [5.74, 6) is -0.00231. The Morgan fingerprint density at radius 1 is 1.47 bits per heavy atom. The molecule has 0 aromatic carbocycles. The molecule has 1 aliphatic rings.